The second-order valence-electron chi connectivity index (χ2n) is 4.95. The average molecular weight is 202 g/mol. The lowest BCUT2D eigenvalue weighted by Gasteiger charge is -2.24. The summed E-state index contributed by atoms with van der Waals surface area (Å²) in [6.45, 7) is 8.74. The summed E-state index contributed by atoms with van der Waals surface area (Å²) in [4.78, 5) is 23.2. The fourth-order valence-corrected chi connectivity index (χ4v) is 0.863. The molecule has 13 heavy (non-hydrogen) atoms. The fraction of sp³-hybridized carbons (Fsp3) is 0.800. The monoisotopic (exact) mass is 202 g/mol. The molecule has 0 aromatic carbocycles. The van der Waals surface area contributed by atoms with Crippen molar-refractivity contribution < 1.29 is 9.59 Å². The van der Waals surface area contributed by atoms with Crippen LogP contribution in [0.5, 0.6) is 0 Å². The van der Waals surface area contributed by atoms with Gasteiger partial charge in [-0.05, 0) is 0 Å². The third-order valence-corrected chi connectivity index (χ3v) is 2.69. The van der Waals surface area contributed by atoms with Crippen molar-refractivity contribution in [3.8, 4) is 0 Å². The van der Waals surface area contributed by atoms with Gasteiger partial charge in [-0.2, -0.15) is 12.6 Å². The molecule has 0 aliphatic heterocycles. The number of hydrogen-bond donors (Lipinski definition) is 1. The summed E-state index contributed by atoms with van der Waals surface area (Å²) >= 11 is 4.06. The first-order chi connectivity index (χ1) is 5.63. The van der Waals surface area contributed by atoms with Crippen LogP contribution in [-0.2, 0) is 9.59 Å². The Bertz CT molecular complexity index is 224. The predicted molar refractivity (Wildman–Crippen MR) is 57.1 cm³/mol. The second kappa shape index (κ2) is 3.82. The van der Waals surface area contributed by atoms with E-state index in [0.717, 1.165) is 0 Å². The minimum Gasteiger partial charge on any atom is -0.290 e. The molecule has 0 unspecified atom stereocenters. The molecule has 0 aromatic rings. The maximum atomic E-state index is 11.6. The van der Waals surface area contributed by atoms with Gasteiger partial charge in [0.25, 0.3) is 0 Å². The van der Waals surface area contributed by atoms with Crippen molar-refractivity contribution in [3.63, 3.8) is 0 Å². The number of carbonyl (C=O) groups excluding carboxylic acids is 2. The Morgan fingerprint density at radius 1 is 1.00 bits per heavy atom. The first-order valence-electron chi connectivity index (χ1n) is 4.33. The standard InChI is InChI=1S/C10H18O2S/c1-9(2,3)7(11)8(12)10(4,5)6-13/h13H,6H2,1-5H3. The van der Waals surface area contributed by atoms with E-state index in [1.165, 1.54) is 0 Å². The highest BCUT2D eigenvalue weighted by atomic mass is 32.1. The van der Waals surface area contributed by atoms with Crippen LogP contribution in [0.4, 0.5) is 0 Å². The summed E-state index contributed by atoms with van der Waals surface area (Å²) < 4.78 is 0. The molecule has 0 aromatic heterocycles. The number of carbonyl (C=O) groups is 2. The Morgan fingerprint density at radius 2 is 1.38 bits per heavy atom. The topological polar surface area (TPSA) is 34.1 Å². The van der Waals surface area contributed by atoms with Crippen molar-refractivity contribution in [2.75, 3.05) is 5.75 Å². The van der Waals surface area contributed by atoms with Crippen molar-refractivity contribution in [2.45, 2.75) is 34.6 Å². The maximum absolute atomic E-state index is 11.6. The molecule has 0 aliphatic carbocycles. The Labute approximate surface area is 85.5 Å². The lowest BCUT2D eigenvalue weighted by molar-refractivity contribution is -0.145. The molecule has 0 atom stereocenters. The zero-order valence-electron chi connectivity index (χ0n) is 8.97. The van der Waals surface area contributed by atoms with E-state index >= 15 is 0 Å². The van der Waals surface area contributed by atoms with Gasteiger partial charge in [-0.1, -0.05) is 34.6 Å². The maximum Gasteiger partial charge on any atom is 0.205 e. The van der Waals surface area contributed by atoms with Gasteiger partial charge < -0.3 is 0 Å². The van der Waals surface area contributed by atoms with E-state index in [0.29, 0.717) is 5.75 Å². The zero-order chi connectivity index (χ0) is 10.9. The Hall–Kier alpha value is -0.310. The molecule has 0 saturated heterocycles. The lowest BCUT2D eigenvalue weighted by Crippen LogP contribution is -2.39. The highest BCUT2D eigenvalue weighted by Gasteiger charge is 2.37. The van der Waals surface area contributed by atoms with Crippen LogP contribution in [0, 0.1) is 10.8 Å². The van der Waals surface area contributed by atoms with E-state index in [2.05, 4.69) is 12.6 Å². The van der Waals surface area contributed by atoms with Gasteiger partial charge in [-0.25, -0.2) is 0 Å². The molecule has 0 N–H and O–H groups in total. The van der Waals surface area contributed by atoms with Crippen molar-refractivity contribution in [3.05, 3.63) is 0 Å². The largest absolute Gasteiger partial charge is 0.290 e. The Kier molecular flexibility index (Phi) is 3.73. The van der Waals surface area contributed by atoms with Crippen molar-refractivity contribution in [1.82, 2.24) is 0 Å². The van der Waals surface area contributed by atoms with E-state index in [1.807, 2.05) is 0 Å². The first-order valence-corrected chi connectivity index (χ1v) is 4.96. The van der Waals surface area contributed by atoms with Gasteiger partial charge in [0.2, 0.25) is 11.6 Å². The van der Waals surface area contributed by atoms with E-state index in [1.54, 1.807) is 34.6 Å². The van der Waals surface area contributed by atoms with E-state index in [9.17, 15) is 9.59 Å². The molecule has 3 heteroatoms. The van der Waals surface area contributed by atoms with Crippen LogP contribution in [0.25, 0.3) is 0 Å². The summed E-state index contributed by atoms with van der Waals surface area (Å²) in [5, 5.41) is 0. The van der Waals surface area contributed by atoms with Crippen LogP contribution >= 0.6 is 12.6 Å². The number of hydrogen-bond acceptors (Lipinski definition) is 3. The fourth-order valence-electron chi connectivity index (χ4n) is 0.720. The minimum absolute atomic E-state index is 0.313. The first kappa shape index (κ1) is 12.7. The summed E-state index contributed by atoms with van der Waals surface area (Å²) in [6.07, 6.45) is 0. The average Bonchev–Trinajstić information content (AvgIpc) is 2.00. The van der Waals surface area contributed by atoms with Gasteiger partial charge in [0.15, 0.2) is 0 Å². The number of rotatable bonds is 3. The van der Waals surface area contributed by atoms with Gasteiger partial charge in [-0.15, -0.1) is 0 Å². The number of ketones is 2. The number of thiol groups is 1. The normalized spacial score (nSPS) is 12.8. The van der Waals surface area contributed by atoms with Crippen LogP contribution in [-0.4, -0.2) is 17.3 Å². The van der Waals surface area contributed by atoms with Crippen LogP contribution < -0.4 is 0 Å². The molecule has 0 amide bonds. The van der Waals surface area contributed by atoms with Crippen LogP contribution in [0.15, 0.2) is 0 Å². The molecular formula is C10H18O2S. The Balaban J connectivity index is 4.74. The quantitative estimate of drug-likeness (QED) is 0.562. The minimum atomic E-state index is -0.645. The zero-order valence-corrected chi connectivity index (χ0v) is 9.87. The van der Waals surface area contributed by atoms with Gasteiger partial charge in [0.05, 0.1) is 0 Å². The molecule has 0 radical (unpaired) electrons. The highest BCUT2D eigenvalue weighted by Crippen LogP contribution is 2.25. The second-order valence-corrected chi connectivity index (χ2v) is 5.27. The van der Waals surface area contributed by atoms with Gasteiger partial charge in [0, 0.05) is 16.6 Å². The van der Waals surface area contributed by atoms with E-state index < -0.39 is 10.8 Å². The summed E-state index contributed by atoms with van der Waals surface area (Å²) in [5.41, 5.74) is -1.23. The van der Waals surface area contributed by atoms with Crippen LogP contribution in [0.3, 0.4) is 0 Å². The summed E-state index contributed by atoms with van der Waals surface area (Å²) in [6, 6.07) is 0. The molecule has 0 aliphatic rings. The van der Waals surface area contributed by atoms with Gasteiger partial charge in [-0.3, -0.25) is 9.59 Å². The lowest BCUT2D eigenvalue weighted by atomic mass is 9.79. The van der Waals surface area contributed by atoms with Crippen LogP contribution in [0.2, 0.25) is 0 Å². The predicted octanol–water partition coefficient (Wildman–Crippen LogP) is 2.13. The van der Waals surface area contributed by atoms with E-state index in [-0.39, 0.29) is 11.6 Å². The molecule has 0 rings (SSSR count). The molecule has 2 nitrogen and oxygen atoms in total. The molecule has 0 fully saturated rings. The molecule has 0 saturated carbocycles. The highest BCUT2D eigenvalue weighted by molar-refractivity contribution is 7.80. The summed E-state index contributed by atoms with van der Waals surface area (Å²) in [7, 11) is 0. The SMILES string of the molecule is CC(C)(C)C(=O)C(=O)C(C)(C)CS. The van der Waals surface area contributed by atoms with E-state index in [4.69, 9.17) is 0 Å². The summed E-state index contributed by atoms with van der Waals surface area (Å²) in [5.74, 6) is -0.241. The molecule has 0 spiro atoms. The third-order valence-electron chi connectivity index (χ3n) is 1.90. The smallest absolute Gasteiger partial charge is 0.205 e. The van der Waals surface area contributed by atoms with Gasteiger partial charge >= 0.3 is 0 Å². The van der Waals surface area contributed by atoms with Crippen molar-refractivity contribution >= 4 is 24.2 Å². The third kappa shape index (κ3) is 3.14. The molecule has 76 valence electrons. The Morgan fingerprint density at radius 3 is 1.62 bits per heavy atom. The molecule has 0 bridgehead atoms. The number of Topliss-reactive ketones (excluding diaryl/α,β-unsaturated/α-hetero) is 2. The van der Waals surface area contributed by atoms with Crippen molar-refractivity contribution in [2.24, 2.45) is 10.8 Å². The van der Waals surface area contributed by atoms with Gasteiger partial charge in [0.1, 0.15) is 0 Å². The van der Waals surface area contributed by atoms with Crippen LogP contribution in [0.1, 0.15) is 34.6 Å². The molecular weight excluding hydrogens is 184 g/mol. The van der Waals surface area contributed by atoms with Crippen molar-refractivity contribution in [1.29, 1.82) is 0 Å². The molecule has 0 heterocycles.